The number of rotatable bonds is 3. The number of carbonyl (C=O) groups is 1. The van der Waals surface area contributed by atoms with Crippen LogP contribution in [-0.4, -0.2) is 21.4 Å². The van der Waals surface area contributed by atoms with Gasteiger partial charge >= 0.3 is 6.21 Å². The molecular weight excluding hydrogens is 202 g/mol. The summed E-state index contributed by atoms with van der Waals surface area (Å²) in [7, 11) is 0. The van der Waals surface area contributed by atoms with Crippen molar-refractivity contribution in [1.82, 2.24) is 4.57 Å². The van der Waals surface area contributed by atoms with Crippen molar-refractivity contribution in [3.05, 3.63) is 59.9 Å². The highest BCUT2D eigenvalue weighted by Crippen LogP contribution is 2.14. The topological polar surface area (TPSA) is 58.4 Å². The van der Waals surface area contributed by atoms with Crippen molar-refractivity contribution in [1.29, 1.82) is 0 Å². The maximum Gasteiger partial charge on any atom is 0.328 e. The van der Waals surface area contributed by atoms with E-state index in [1.807, 2.05) is 41.2 Å². The van der Waals surface area contributed by atoms with Crippen molar-refractivity contribution in [3.8, 4) is 5.69 Å². The highest BCUT2D eigenvalue weighted by molar-refractivity contribution is 6.34. The first-order valence-electron chi connectivity index (χ1n) is 4.77. The third kappa shape index (κ3) is 1.82. The van der Waals surface area contributed by atoms with Crippen LogP contribution in [-0.2, 0) is 0 Å². The van der Waals surface area contributed by atoms with Gasteiger partial charge in [-0.25, -0.2) is 0 Å². The first kappa shape index (κ1) is 10.1. The Balaban J connectivity index is 2.54. The van der Waals surface area contributed by atoms with E-state index in [1.165, 1.54) is 0 Å². The molecule has 0 aliphatic rings. The normalized spacial score (nSPS) is 9.50. The minimum atomic E-state index is -0.327. The van der Waals surface area contributed by atoms with Gasteiger partial charge < -0.3 is 10.1 Å². The second-order valence-corrected chi connectivity index (χ2v) is 3.22. The first-order valence-corrected chi connectivity index (χ1v) is 4.77. The Morgan fingerprint density at radius 2 is 1.88 bits per heavy atom. The maximum atomic E-state index is 11.6. The highest BCUT2D eigenvalue weighted by atomic mass is 16.1. The summed E-state index contributed by atoms with van der Waals surface area (Å²) in [6.07, 6.45) is 4.59. The van der Waals surface area contributed by atoms with Crippen LogP contribution in [0.2, 0.25) is 0 Å². The van der Waals surface area contributed by atoms with Crippen molar-refractivity contribution in [2.45, 2.75) is 0 Å². The maximum absolute atomic E-state index is 11.6. The molecule has 0 saturated heterocycles. The molecule has 0 N–H and O–H groups in total. The lowest BCUT2D eigenvalue weighted by atomic mass is 10.1. The zero-order chi connectivity index (χ0) is 11.4. The molecule has 0 fully saturated rings. The average molecular weight is 211 g/mol. The van der Waals surface area contributed by atoms with Crippen LogP contribution < -0.4 is 0 Å². The number of carbonyl (C=O) groups excluding carboxylic acids is 1. The quantitative estimate of drug-likeness (QED) is 0.331. The van der Waals surface area contributed by atoms with Gasteiger partial charge in [-0.2, -0.15) is 4.79 Å². The van der Waals surface area contributed by atoms with Crippen LogP contribution in [0.4, 0.5) is 0 Å². The fourth-order valence-corrected chi connectivity index (χ4v) is 1.52. The van der Waals surface area contributed by atoms with Crippen LogP contribution >= 0.6 is 0 Å². The number of ketones is 1. The lowest BCUT2D eigenvalue weighted by molar-refractivity contribution is 0.00234. The Bertz CT molecular complexity index is 551. The second-order valence-electron chi connectivity index (χ2n) is 3.22. The van der Waals surface area contributed by atoms with Crippen LogP contribution in [0.25, 0.3) is 11.2 Å². The average Bonchev–Trinajstić information content (AvgIpc) is 2.83. The number of benzene rings is 1. The van der Waals surface area contributed by atoms with E-state index in [2.05, 4.69) is 4.79 Å². The zero-order valence-electron chi connectivity index (χ0n) is 8.45. The van der Waals surface area contributed by atoms with E-state index >= 15 is 0 Å². The largest absolute Gasteiger partial charge is 0.361 e. The lowest BCUT2D eigenvalue weighted by Gasteiger charge is -2.06. The van der Waals surface area contributed by atoms with Gasteiger partial charge in [-0.05, 0) is 24.3 Å². The predicted molar refractivity (Wildman–Crippen MR) is 59.8 cm³/mol. The molecule has 0 atom stereocenters. The Morgan fingerprint density at radius 3 is 2.56 bits per heavy atom. The van der Waals surface area contributed by atoms with Crippen molar-refractivity contribution in [3.63, 3.8) is 0 Å². The highest BCUT2D eigenvalue weighted by Gasteiger charge is 2.12. The van der Waals surface area contributed by atoms with Gasteiger partial charge in [0.05, 0.1) is 11.3 Å². The molecule has 4 heteroatoms. The van der Waals surface area contributed by atoms with Gasteiger partial charge in [0.1, 0.15) is 0 Å². The summed E-state index contributed by atoms with van der Waals surface area (Å²) < 4.78 is 1.83. The fraction of sp³-hybridized carbons (Fsp3) is 0. The first-order chi connectivity index (χ1) is 7.83. The summed E-state index contributed by atoms with van der Waals surface area (Å²) in [5.41, 5.74) is 9.62. The second kappa shape index (κ2) is 4.38. The minimum absolute atomic E-state index is 0.327. The fourth-order valence-electron chi connectivity index (χ4n) is 1.52. The Morgan fingerprint density at radius 1 is 1.19 bits per heavy atom. The molecule has 1 heterocycles. The monoisotopic (exact) mass is 211 g/mol. The molecular formula is C12H9N3O. The van der Waals surface area contributed by atoms with Gasteiger partial charge in [-0.15, -0.1) is 0 Å². The Hall–Kier alpha value is -2.45. The summed E-state index contributed by atoms with van der Waals surface area (Å²) in [6.45, 7) is 0. The molecule has 0 unspecified atom stereocenters. The molecule has 0 aliphatic carbocycles. The van der Waals surface area contributed by atoms with Crippen LogP contribution in [0.15, 0.2) is 48.8 Å². The van der Waals surface area contributed by atoms with E-state index in [0.717, 1.165) is 11.9 Å². The van der Waals surface area contributed by atoms with Gasteiger partial charge in [0.2, 0.25) is 0 Å². The van der Waals surface area contributed by atoms with Gasteiger partial charge in [0.15, 0.2) is 0 Å². The molecule has 0 saturated carbocycles. The lowest BCUT2D eigenvalue weighted by Crippen LogP contribution is -2.06. The minimum Gasteiger partial charge on any atom is -0.361 e. The summed E-state index contributed by atoms with van der Waals surface area (Å²) >= 11 is 0. The standard InChI is InChI=1S/C12H9N3O/c13-14-9-12(16)10-5-1-2-6-11(10)15-7-3-4-8-15/h1-9H. The molecule has 1 aromatic heterocycles. The van der Waals surface area contributed by atoms with E-state index in [-0.39, 0.29) is 5.78 Å². The summed E-state index contributed by atoms with van der Waals surface area (Å²) in [5.74, 6) is -0.327. The van der Waals surface area contributed by atoms with Gasteiger partial charge in [-0.1, -0.05) is 12.1 Å². The van der Waals surface area contributed by atoms with Crippen LogP contribution in [0.1, 0.15) is 10.4 Å². The van der Waals surface area contributed by atoms with Crippen molar-refractivity contribution in [2.75, 3.05) is 0 Å². The zero-order valence-corrected chi connectivity index (χ0v) is 8.45. The van der Waals surface area contributed by atoms with Crippen LogP contribution in [0.5, 0.6) is 0 Å². The van der Waals surface area contributed by atoms with Crippen molar-refractivity contribution in [2.24, 2.45) is 0 Å². The summed E-state index contributed by atoms with van der Waals surface area (Å²) in [5, 5.41) is 0. The van der Waals surface area contributed by atoms with Gasteiger partial charge in [0.25, 0.3) is 5.78 Å². The number of Topliss-reactive ketones (excluding diaryl/α,β-unsaturated/α-hetero) is 1. The Labute approximate surface area is 92.4 Å². The third-order valence-corrected chi connectivity index (χ3v) is 2.23. The molecule has 16 heavy (non-hydrogen) atoms. The molecule has 4 nitrogen and oxygen atoms in total. The van der Waals surface area contributed by atoms with Crippen LogP contribution in [0.3, 0.4) is 0 Å². The number of hydrogen-bond donors (Lipinski definition) is 0. The number of hydrogen-bond acceptors (Lipinski definition) is 1. The molecule has 0 radical (unpaired) electrons. The van der Waals surface area contributed by atoms with Crippen LogP contribution in [0, 0.1) is 0 Å². The van der Waals surface area contributed by atoms with Crippen molar-refractivity contribution >= 4 is 12.0 Å². The summed E-state index contributed by atoms with van der Waals surface area (Å²) in [4.78, 5) is 14.4. The molecule has 0 amide bonds. The van der Waals surface area contributed by atoms with Gasteiger partial charge in [0, 0.05) is 12.4 Å². The third-order valence-electron chi connectivity index (χ3n) is 2.23. The molecule has 2 aromatic rings. The molecule has 0 spiro atoms. The molecule has 0 aliphatic heterocycles. The predicted octanol–water partition coefficient (Wildman–Crippen LogP) is 1.96. The number of nitrogens with zero attached hydrogens (tertiary/aromatic N) is 3. The van der Waals surface area contributed by atoms with Crippen molar-refractivity contribution < 1.29 is 9.58 Å². The van der Waals surface area contributed by atoms with E-state index < -0.39 is 0 Å². The molecule has 2 rings (SSSR count). The Kier molecular flexibility index (Phi) is 2.76. The van der Waals surface area contributed by atoms with Gasteiger partial charge in [-0.3, -0.25) is 4.79 Å². The van der Waals surface area contributed by atoms with E-state index in [4.69, 9.17) is 5.53 Å². The van der Waals surface area contributed by atoms with E-state index in [9.17, 15) is 4.79 Å². The molecule has 0 bridgehead atoms. The molecule has 1 aromatic carbocycles. The molecule has 78 valence electrons. The van der Waals surface area contributed by atoms with E-state index in [1.54, 1.807) is 12.1 Å². The number of para-hydroxylation sites is 1. The number of aromatic nitrogens is 1. The summed E-state index contributed by atoms with van der Waals surface area (Å²) in [6, 6.07) is 10.9. The smallest absolute Gasteiger partial charge is 0.328 e. The SMILES string of the molecule is [N-]=[N+]=CC(=O)c1ccccc1-n1cccc1. The van der Waals surface area contributed by atoms with E-state index in [0.29, 0.717) is 5.56 Å².